The van der Waals surface area contributed by atoms with Gasteiger partial charge in [-0.05, 0) is 37.8 Å². The lowest BCUT2D eigenvalue weighted by atomic mass is 9.99. The molecule has 0 aliphatic carbocycles. The van der Waals surface area contributed by atoms with Gasteiger partial charge < -0.3 is 9.64 Å². The van der Waals surface area contributed by atoms with Gasteiger partial charge in [-0.15, -0.1) is 0 Å². The van der Waals surface area contributed by atoms with E-state index in [0.717, 1.165) is 36.6 Å². The molecule has 114 valence electrons. The van der Waals surface area contributed by atoms with Crippen molar-refractivity contribution in [2.24, 2.45) is 0 Å². The SMILES string of the molecule is COC1CC2CCC(C1)N2C(=O)c1ccc2ccccc2n1. The van der Waals surface area contributed by atoms with Gasteiger partial charge in [0, 0.05) is 24.6 Å². The van der Waals surface area contributed by atoms with E-state index in [1.165, 1.54) is 0 Å². The van der Waals surface area contributed by atoms with Crippen LogP contribution in [0.25, 0.3) is 10.9 Å². The fourth-order valence-corrected chi connectivity index (χ4v) is 3.97. The van der Waals surface area contributed by atoms with Crippen LogP contribution in [-0.4, -0.2) is 41.1 Å². The Morgan fingerprint density at radius 2 is 1.86 bits per heavy atom. The molecule has 1 aromatic heterocycles. The van der Waals surface area contributed by atoms with Crippen molar-refractivity contribution < 1.29 is 9.53 Å². The lowest BCUT2D eigenvalue weighted by Crippen LogP contribution is -2.48. The average molecular weight is 296 g/mol. The number of fused-ring (bicyclic) bond motifs is 3. The van der Waals surface area contributed by atoms with E-state index in [0.29, 0.717) is 23.9 Å². The number of aromatic nitrogens is 1. The van der Waals surface area contributed by atoms with Crippen LogP contribution in [0.3, 0.4) is 0 Å². The summed E-state index contributed by atoms with van der Waals surface area (Å²) in [5.74, 6) is 0.0767. The summed E-state index contributed by atoms with van der Waals surface area (Å²) in [7, 11) is 1.77. The first-order valence-corrected chi connectivity index (χ1v) is 7.97. The lowest BCUT2D eigenvalue weighted by Gasteiger charge is -2.38. The van der Waals surface area contributed by atoms with Gasteiger partial charge in [-0.3, -0.25) is 4.79 Å². The molecule has 2 aliphatic heterocycles. The van der Waals surface area contributed by atoms with E-state index >= 15 is 0 Å². The Morgan fingerprint density at radius 3 is 2.59 bits per heavy atom. The summed E-state index contributed by atoms with van der Waals surface area (Å²) < 4.78 is 5.51. The van der Waals surface area contributed by atoms with Crippen LogP contribution in [-0.2, 0) is 4.74 Å². The number of methoxy groups -OCH3 is 1. The predicted octanol–water partition coefficient (Wildman–Crippen LogP) is 3.02. The maximum atomic E-state index is 12.9. The van der Waals surface area contributed by atoms with E-state index < -0.39 is 0 Å². The minimum Gasteiger partial charge on any atom is -0.381 e. The molecule has 0 radical (unpaired) electrons. The fraction of sp³-hybridized carbons (Fsp3) is 0.444. The highest BCUT2D eigenvalue weighted by Crippen LogP contribution is 2.37. The second kappa shape index (κ2) is 5.36. The molecule has 0 N–H and O–H groups in total. The summed E-state index contributed by atoms with van der Waals surface area (Å²) in [6.07, 6.45) is 4.37. The molecule has 2 unspecified atom stereocenters. The first-order chi connectivity index (χ1) is 10.8. The molecule has 4 nitrogen and oxygen atoms in total. The molecule has 2 atom stereocenters. The third-order valence-corrected chi connectivity index (χ3v) is 5.08. The minimum absolute atomic E-state index is 0.0767. The third-order valence-electron chi connectivity index (χ3n) is 5.08. The summed E-state index contributed by atoms with van der Waals surface area (Å²) in [4.78, 5) is 19.5. The molecule has 1 amide bonds. The van der Waals surface area contributed by atoms with Crippen molar-refractivity contribution in [3.8, 4) is 0 Å². The van der Waals surface area contributed by atoms with Gasteiger partial charge in [-0.1, -0.05) is 24.3 Å². The van der Waals surface area contributed by atoms with Gasteiger partial charge >= 0.3 is 0 Å². The van der Waals surface area contributed by atoms with E-state index in [4.69, 9.17) is 4.74 Å². The first-order valence-electron chi connectivity index (χ1n) is 7.97. The molecule has 4 heteroatoms. The number of ether oxygens (including phenoxy) is 1. The van der Waals surface area contributed by atoms with Gasteiger partial charge in [-0.2, -0.15) is 0 Å². The van der Waals surface area contributed by atoms with Crippen molar-refractivity contribution in [2.75, 3.05) is 7.11 Å². The Kier molecular flexibility index (Phi) is 3.34. The molecule has 2 aromatic rings. The summed E-state index contributed by atoms with van der Waals surface area (Å²) in [6, 6.07) is 12.4. The summed E-state index contributed by atoms with van der Waals surface area (Å²) in [5, 5.41) is 1.07. The minimum atomic E-state index is 0.0767. The van der Waals surface area contributed by atoms with Crippen LogP contribution >= 0.6 is 0 Å². The van der Waals surface area contributed by atoms with E-state index in [1.54, 1.807) is 7.11 Å². The first kappa shape index (κ1) is 13.7. The Bertz CT molecular complexity index is 701. The normalized spacial score (nSPS) is 27.3. The molecule has 22 heavy (non-hydrogen) atoms. The number of rotatable bonds is 2. The van der Waals surface area contributed by atoms with Crippen molar-refractivity contribution in [2.45, 2.75) is 43.9 Å². The second-order valence-electron chi connectivity index (χ2n) is 6.32. The largest absolute Gasteiger partial charge is 0.381 e. The van der Waals surface area contributed by atoms with Crippen molar-refractivity contribution in [3.63, 3.8) is 0 Å². The number of carbonyl (C=O) groups excluding carboxylic acids is 1. The van der Waals surface area contributed by atoms with Crippen molar-refractivity contribution in [1.29, 1.82) is 0 Å². The molecule has 0 saturated carbocycles. The van der Waals surface area contributed by atoms with Gasteiger partial charge in [-0.25, -0.2) is 4.98 Å². The Hall–Kier alpha value is -1.94. The Balaban J connectivity index is 1.63. The zero-order valence-electron chi connectivity index (χ0n) is 12.7. The number of para-hydroxylation sites is 1. The lowest BCUT2D eigenvalue weighted by molar-refractivity contribution is 0.00796. The van der Waals surface area contributed by atoms with Crippen LogP contribution in [0.1, 0.15) is 36.2 Å². The third kappa shape index (κ3) is 2.18. The Labute approximate surface area is 130 Å². The number of piperidine rings is 1. The van der Waals surface area contributed by atoms with Crippen molar-refractivity contribution in [3.05, 3.63) is 42.1 Å². The van der Waals surface area contributed by atoms with E-state index in [2.05, 4.69) is 9.88 Å². The smallest absolute Gasteiger partial charge is 0.272 e. The van der Waals surface area contributed by atoms with Crippen LogP contribution in [0.2, 0.25) is 0 Å². The molecular formula is C18H20N2O2. The zero-order chi connectivity index (χ0) is 15.1. The maximum Gasteiger partial charge on any atom is 0.272 e. The van der Waals surface area contributed by atoms with Gasteiger partial charge in [0.15, 0.2) is 0 Å². The number of hydrogen-bond donors (Lipinski definition) is 0. The number of amides is 1. The van der Waals surface area contributed by atoms with Gasteiger partial charge in [0.1, 0.15) is 5.69 Å². The number of benzene rings is 1. The molecule has 2 fully saturated rings. The number of nitrogens with zero attached hydrogens (tertiary/aromatic N) is 2. The van der Waals surface area contributed by atoms with Crippen LogP contribution in [0.4, 0.5) is 0 Å². The van der Waals surface area contributed by atoms with Gasteiger partial charge in [0.05, 0.1) is 11.6 Å². The Morgan fingerprint density at radius 1 is 1.14 bits per heavy atom. The highest BCUT2D eigenvalue weighted by molar-refractivity contribution is 5.95. The topological polar surface area (TPSA) is 42.4 Å². The standard InChI is InChI=1S/C18H20N2O2/c1-22-15-10-13-7-8-14(11-15)20(13)18(21)17-9-6-12-4-2-3-5-16(12)19-17/h2-6,9,13-15H,7-8,10-11H2,1H3. The molecule has 2 saturated heterocycles. The van der Waals surface area contributed by atoms with Crippen LogP contribution in [0, 0.1) is 0 Å². The molecule has 2 bridgehead atoms. The van der Waals surface area contributed by atoms with Crippen LogP contribution < -0.4 is 0 Å². The van der Waals surface area contributed by atoms with E-state index in [9.17, 15) is 4.79 Å². The van der Waals surface area contributed by atoms with Crippen LogP contribution in [0.5, 0.6) is 0 Å². The summed E-state index contributed by atoms with van der Waals surface area (Å²) >= 11 is 0. The van der Waals surface area contributed by atoms with Crippen molar-refractivity contribution >= 4 is 16.8 Å². The maximum absolute atomic E-state index is 12.9. The summed E-state index contributed by atoms with van der Waals surface area (Å²) in [5.41, 5.74) is 1.44. The molecule has 3 heterocycles. The van der Waals surface area contributed by atoms with Crippen LogP contribution in [0.15, 0.2) is 36.4 Å². The molecule has 2 aliphatic rings. The summed E-state index contributed by atoms with van der Waals surface area (Å²) in [6.45, 7) is 0. The molecule has 1 aromatic carbocycles. The van der Waals surface area contributed by atoms with Gasteiger partial charge in [0.25, 0.3) is 5.91 Å². The van der Waals surface area contributed by atoms with E-state index in [1.807, 2.05) is 36.4 Å². The predicted molar refractivity (Wildman–Crippen MR) is 84.8 cm³/mol. The number of pyridine rings is 1. The number of hydrogen-bond acceptors (Lipinski definition) is 3. The number of carbonyl (C=O) groups is 1. The molecular weight excluding hydrogens is 276 g/mol. The van der Waals surface area contributed by atoms with Crippen molar-refractivity contribution in [1.82, 2.24) is 9.88 Å². The quantitative estimate of drug-likeness (QED) is 0.855. The van der Waals surface area contributed by atoms with Gasteiger partial charge in [0.2, 0.25) is 0 Å². The monoisotopic (exact) mass is 296 g/mol. The molecule has 0 spiro atoms. The highest BCUT2D eigenvalue weighted by atomic mass is 16.5. The molecule has 4 rings (SSSR count). The second-order valence-corrected chi connectivity index (χ2v) is 6.32. The highest BCUT2D eigenvalue weighted by Gasteiger charge is 2.43. The fourth-order valence-electron chi connectivity index (χ4n) is 3.97. The van der Waals surface area contributed by atoms with E-state index in [-0.39, 0.29) is 5.91 Å². The average Bonchev–Trinajstić information content (AvgIpc) is 2.83. The zero-order valence-corrected chi connectivity index (χ0v) is 12.7.